The third kappa shape index (κ3) is 4.61. The summed E-state index contributed by atoms with van der Waals surface area (Å²) in [5.74, 6) is -0.882. The average Bonchev–Trinajstić information content (AvgIpc) is 3.37. The Bertz CT molecular complexity index is 675. The summed E-state index contributed by atoms with van der Waals surface area (Å²) in [6, 6.07) is -0.455. The van der Waals surface area contributed by atoms with Crippen LogP contribution in [0.3, 0.4) is 0 Å². The number of carbonyl (C=O) groups excluding carboxylic acids is 3. The van der Waals surface area contributed by atoms with Gasteiger partial charge < -0.3 is 20.6 Å². The fourth-order valence-corrected chi connectivity index (χ4v) is 7.98. The van der Waals surface area contributed by atoms with Crippen molar-refractivity contribution in [3.63, 3.8) is 0 Å². The predicted molar refractivity (Wildman–Crippen MR) is 123 cm³/mol. The van der Waals surface area contributed by atoms with E-state index in [9.17, 15) is 14.4 Å². The Labute approximate surface area is 190 Å². The largest absolute Gasteiger partial charge is 0.396 e. The zero-order valence-electron chi connectivity index (χ0n) is 19.2. The molecule has 8 heteroatoms. The van der Waals surface area contributed by atoms with Crippen molar-refractivity contribution >= 4 is 29.5 Å². The molecule has 3 N–H and O–H groups in total. The van der Waals surface area contributed by atoms with Gasteiger partial charge in [0.1, 0.15) is 6.04 Å². The van der Waals surface area contributed by atoms with Gasteiger partial charge >= 0.3 is 0 Å². The normalized spacial score (nSPS) is 32.3. The fraction of sp³-hybridized carbons (Fsp3) is 0.870. The Morgan fingerprint density at radius 1 is 1.23 bits per heavy atom. The molecule has 0 aromatic heterocycles. The van der Waals surface area contributed by atoms with Crippen LogP contribution in [0.4, 0.5) is 0 Å². The summed E-state index contributed by atoms with van der Waals surface area (Å²) in [5.41, 5.74) is 0. The zero-order valence-corrected chi connectivity index (χ0v) is 20.0. The third-order valence-corrected chi connectivity index (χ3v) is 9.02. The second kappa shape index (κ2) is 10.6. The lowest BCUT2D eigenvalue weighted by molar-refractivity contribution is -0.140. The van der Waals surface area contributed by atoms with E-state index in [4.69, 9.17) is 5.11 Å². The van der Waals surface area contributed by atoms with Gasteiger partial charge in [-0.3, -0.25) is 14.4 Å². The summed E-state index contributed by atoms with van der Waals surface area (Å²) in [7, 11) is 0. The SMILES string of the molecule is CCCNC(=O)[C@@H]1[C@@H]2CCC3(S2)C(C(=O)NC(C)CCC)N(CCCCCO)C(=O)[C@H]13. The molecule has 3 amide bonds. The number of nitrogens with zero attached hydrogens (tertiary/aromatic N) is 1. The lowest BCUT2D eigenvalue weighted by Gasteiger charge is -2.35. The Morgan fingerprint density at radius 2 is 2.00 bits per heavy atom. The number of nitrogens with one attached hydrogen (secondary N) is 2. The van der Waals surface area contributed by atoms with Crippen LogP contribution >= 0.6 is 11.8 Å². The van der Waals surface area contributed by atoms with Crippen molar-refractivity contribution in [2.45, 2.75) is 94.2 Å². The number of fused-ring (bicyclic) bond motifs is 1. The fourth-order valence-electron chi connectivity index (χ4n) is 5.76. The number of likely N-dealkylation sites (tertiary alicyclic amines) is 1. The minimum absolute atomic E-state index is 0.0279. The van der Waals surface area contributed by atoms with Crippen LogP contribution in [0.5, 0.6) is 0 Å². The van der Waals surface area contributed by atoms with Crippen LogP contribution in [0, 0.1) is 11.8 Å². The van der Waals surface area contributed by atoms with Crippen molar-refractivity contribution in [1.29, 1.82) is 0 Å². The average molecular weight is 454 g/mol. The standard InChI is InChI=1S/C23H39N3O4S/c1-4-9-15(3)25-21(29)19-23-11-10-16(31-23)17(20(28)24-12-5-2)18(23)22(30)26(19)13-7-6-8-14-27/h15-19,27H,4-14H2,1-3H3,(H,24,28)(H,25,29)/t15?,16-,17+,18-,19?,23?/m0/s1. The molecule has 0 aromatic rings. The number of amides is 3. The second-order valence-electron chi connectivity index (χ2n) is 9.36. The summed E-state index contributed by atoms with van der Waals surface area (Å²) in [4.78, 5) is 41.9. The minimum Gasteiger partial charge on any atom is -0.396 e. The smallest absolute Gasteiger partial charge is 0.244 e. The minimum atomic E-state index is -0.516. The third-order valence-electron chi connectivity index (χ3n) is 7.07. The Hall–Kier alpha value is -1.28. The number of hydrogen-bond acceptors (Lipinski definition) is 5. The molecule has 0 radical (unpaired) electrons. The van der Waals surface area contributed by atoms with Crippen LogP contribution in [0.1, 0.15) is 72.1 Å². The molecule has 0 aliphatic carbocycles. The van der Waals surface area contributed by atoms with Crippen molar-refractivity contribution < 1.29 is 19.5 Å². The van der Waals surface area contributed by atoms with Gasteiger partial charge in [-0.05, 0) is 51.9 Å². The van der Waals surface area contributed by atoms with E-state index >= 15 is 0 Å². The quantitative estimate of drug-likeness (QED) is 0.393. The monoisotopic (exact) mass is 453 g/mol. The number of aliphatic hydroxyl groups excluding tert-OH is 1. The van der Waals surface area contributed by atoms with Gasteiger partial charge in [0.2, 0.25) is 17.7 Å². The molecule has 176 valence electrons. The molecule has 2 bridgehead atoms. The number of unbranched alkanes of at least 4 members (excludes halogenated alkanes) is 2. The lowest BCUT2D eigenvalue weighted by Crippen LogP contribution is -2.55. The molecular weight excluding hydrogens is 414 g/mol. The molecule has 3 heterocycles. The maximum absolute atomic E-state index is 13.7. The van der Waals surface area contributed by atoms with Crippen LogP contribution in [-0.4, -0.2) is 69.5 Å². The molecule has 6 atom stereocenters. The van der Waals surface area contributed by atoms with Gasteiger partial charge in [-0.2, -0.15) is 0 Å². The van der Waals surface area contributed by atoms with Crippen LogP contribution < -0.4 is 10.6 Å². The molecule has 31 heavy (non-hydrogen) atoms. The van der Waals surface area contributed by atoms with Gasteiger partial charge in [0.25, 0.3) is 0 Å². The van der Waals surface area contributed by atoms with Gasteiger partial charge in [0.15, 0.2) is 0 Å². The van der Waals surface area contributed by atoms with E-state index in [1.54, 1.807) is 16.7 Å². The Morgan fingerprint density at radius 3 is 2.68 bits per heavy atom. The number of aliphatic hydroxyl groups is 1. The highest BCUT2D eigenvalue weighted by Gasteiger charge is 2.73. The highest BCUT2D eigenvalue weighted by atomic mass is 32.2. The van der Waals surface area contributed by atoms with E-state index in [1.807, 2.05) is 13.8 Å². The second-order valence-corrected chi connectivity index (χ2v) is 11.0. The molecule has 3 fully saturated rings. The molecule has 0 aromatic carbocycles. The zero-order chi connectivity index (χ0) is 22.6. The first kappa shape index (κ1) is 24.4. The van der Waals surface area contributed by atoms with Gasteiger partial charge in [0.05, 0.1) is 16.6 Å². The summed E-state index contributed by atoms with van der Waals surface area (Å²) in [6.45, 7) is 7.38. The maximum atomic E-state index is 13.7. The summed E-state index contributed by atoms with van der Waals surface area (Å²) >= 11 is 1.72. The van der Waals surface area contributed by atoms with Crippen LogP contribution in [0.15, 0.2) is 0 Å². The molecule has 1 spiro atoms. The van der Waals surface area contributed by atoms with E-state index in [-0.39, 0.29) is 41.5 Å². The number of thioether (sulfide) groups is 1. The highest BCUT2D eigenvalue weighted by molar-refractivity contribution is 8.02. The van der Waals surface area contributed by atoms with Crippen molar-refractivity contribution in [3.8, 4) is 0 Å². The van der Waals surface area contributed by atoms with Gasteiger partial charge in [-0.15, -0.1) is 11.8 Å². The van der Waals surface area contributed by atoms with Crippen molar-refractivity contribution in [2.75, 3.05) is 19.7 Å². The van der Waals surface area contributed by atoms with Crippen molar-refractivity contribution in [2.24, 2.45) is 11.8 Å². The molecule has 3 unspecified atom stereocenters. The molecular formula is C23H39N3O4S. The van der Waals surface area contributed by atoms with Gasteiger partial charge in [-0.25, -0.2) is 0 Å². The summed E-state index contributed by atoms with van der Waals surface area (Å²) < 4.78 is -0.497. The van der Waals surface area contributed by atoms with Gasteiger partial charge in [0, 0.05) is 31.0 Å². The molecule has 3 aliphatic rings. The molecule has 3 aliphatic heterocycles. The van der Waals surface area contributed by atoms with Gasteiger partial charge in [-0.1, -0.05) is 20.3 Å². The predicted octanol–water partition coefficient (Wildman–Crippen LogP) is 2.07. The summed E-state index contributed by atoms with van der Waals surface area (Å²) in [5, 5.41) is 15.4. The topological polar surface area (TPSA) is 98.7 Å². The number of carbonyl (C=O) groups is 3. The Balaban J connectivity index is 1.86. The number of rotatable bonds is 12. The first-order chi connectivity index (χ1) is 14.9. The highest BCUT2D eigenvalue weighted by Crippen LogP contribution is 2.66. The molecule has 7 nitrogen and oxygen atoms in total. The van der Waals surface area contributed by atoms with Crippen molar-refractivity contribution in [3.05, 3.63) is 0 Å². The van der Waals surface area contributed by atoms with Crippen LogP contribution in [0.25, 0.3) is 0 Å². The number of hydrogen-bond donors (Lipinski definition) is 3. The first-order valence-electron chi connectivity index (χ1n) is 12.1. The van der Waals surface area contributed by atoms with E-state index in [0.29, 0.717) is 19.5 Å². The van der Waals surface area contributed by atoms with Crippen LogP contribution in [0.2, 0.25) is 0 Å². The maximum Gasteiger partial charge on any atom is 0.244 e. The lowest BCUT2D eigenvalue weighted by atomic mass is 9.70. The first-order valence-corrected chi connectivity index (χ1v) is 13.0. The summed E-state index contributed by atoms with van der Waals surface area (Å²) in [6.07, 6.45) is 6.70. The Kier molecular flexibility index (Phi) is 8.30. The van der Waals surface area contributed by atoms with Crippen molar-refractivity contribution in [1.82, 2.24) is 15.5 Å². The van der Waals surface area contributed by atoms with E-state index in [1.165, 1.54) is 0 Å². The van der Waals surface area contributed by atoms with E-state index < -0.39 is 16.7 Å². The molecule has 0 saturated carbocycles. The van der Waals surface area contributed by atoms with E-state index in [0.717, 1.165) is 44.9 Å². The molecule has 3 rings (SSSR count). The molecule has 3 saturated heterocycles. The van der Waals surface area contributed by atoms with E-state index in [2.05, 4.69) is 17.6 Å². The van der Waals surface area contributed by atoms with Crippen LogP contribution in [-0.2, 0) is 14.4 Å².